The summed E-state index contributed by atoms with van der Waals surface area (Å²) in [6.45, 7) is 1.55. The Morgan fingerprint density at radius 1 is 1.04 bits per heavy atom. The molecule has 0 aliphatic carbocycles. The number of carbonyl (C=O) groups is 1. The standard InChI is InChI=1S/C18H23N3O3S/c1-14-6-4-5-7-15(14)13-25(23,24)19-12-18(22)20-16-8-10-17(11-9-16)21(2)3/h4-11,19H,12-13H2,1-3H3,(H,20,22). The lowest BCUT2D eigenvalue weighted by molar-refractivity contribution is -0.115. The lowest BCUT2D eigenvalue weighted by atomic mass is 10.1. The molecule has 0 spiro atoms. The van der Waals surface area contributed by atoms with Gasteiger partial charge in [0.05, 0.1) is 12.3 Å². The van der Waals surface area contributed by atoms with Crippen LogP contribution in [0.1, 0.15) is 11.1 Å². The third-order valence-corrected chi connectivity index (χ3v) is 5.00. The fourth-order valence-electron chi connectivity index (χ4n) is 2.25. The van der Waals surface area contributed by atoms with Crippen LogP contribution in [0, 0.1) is 6.92 Å². The Hall–Kier alpha value is -2.38. The molecule has 2 aromatic rings. The molecule has 0 aliphatic heterocycles. The van der Waals surface area contributed by atoms with Crippen molar-refractivity contribution in [2.45, 2.75) is 12.7 Å². The van der Waals surface area contributed by atoms with E-state index < -0.39 is 15.9 Å². The van der Waals surface area contributed by atoms with Crippen molar-refractivity contribution < 1.29 is 13.2 Å². The van der Waals surface area contributed by atoms with E-state index in [1.54, 1.807) is 24.3 Å². The van der Waals surface area contributed by atoms with Crippen LogP contribution in [0.25, 0.3) is 0 Å². The van der Waals surface area contributed by atoms with Gasteiger partial charge in [0, 0.05) is 25.5 Å². The van der Waals surface area contributed by atoms with Gasteiger partial charge in [-0.3, -0.25) is 4.79 Å². The summed E-state index contributed by atoms with van der Waals surface area (Å²) in [6, 6.07) is 14.6. The van der Waals surface area contributed by atoms with Crippen molar-refractivity contribution in [2.75, 3.05) is 30.9 Å². The molecule has 1 amide bonds. The second-order valence-electron chi connectivity index (χ2n) is 6.00. The molecule has 0 saturated carbocycles. The molecule has 0 radical (unpaired) electrons. The highest BCUT2D eigenvalue weighted by atomic mass is 32.2. The number of nitrogens with zero attached hydrogens (tertiary/aromatic N) is 1. The first-order chi connectivity index (χ1) is 11.8. The zero-order valence-electron chi connectivity index (χ0n) is 14.6. The maximum Gasteiger partial charge on any atom is 0.239 e. The van der Waals surface area contributed by atoms with E-state index in [1.165, 1.54) is 0 Å². The van der Waals surface area contributed by atoms with E-state index >= 15 is 0 Å². The van der Waals surface area contributed by atoms with Crippen LogP contribution in [0.15, 0.2) is 48.5 Å². The Morgan fingerprint density at radius 3 is 2.28 bits per heavy atom. The van der Waals surface area contributed by atoms with E-state index in [1.807, 2.05) is 50.2 Å². The number of anilines is 2. The lowest BCUT2D eigenvalue weighted by Gasteiger charge is -2.13. The second kappa shape index (κ2) is 8.13. The summed E-state index contributed by atoms with van der Waals surface area (Å²) in [4.78, 5) is 13.9. The van der Waals surface area contributed by atoms with Crippen molar-refractivity contribution in [1.82, 2.24) is 4.72 Å². The van der Waals surface area contributed by atoms with Crippen molar-refractivity contribution >= 4 is 27.3 Å². The molecule has 2 N–H and O–H groups in total. The number of sulfonamides is 1. The van der Waals surface area contributed by atoms with Gasteiger partial charge in [0.15, 0.2) is 0 Å². The number of hydrogen-bond donors (Lipinski definition) is 2. The predicted octanol–water partition coefficient (Wildman–Crippen LogP) is 2.12. The summed E-state index contributed by atoms with van der Waals surface area (Å²) >= 11 is 0. The van der Waals surface area contributed by atoms with Gasteiger partial charge in [-0.25, -0.2) is 13.1 Å². The van der Waals surface area contributed by atoms with Crippen molar-refractivity contribution in [2.24, 2.45) is 0 Å². The van der Waals surface area contributed by atoms with Crippen molar-refractivity contribution in [3.8, 4) is 0 Å². The van der Waals surface area contributed by atoms with E-state index in [9.17, 15) is 13.2 Å². The van der Waals surface area contributed by atoms with Gasteiger partial charge in [0.2, 0.25) is 15.9 Å². The molecule has 0 aromatic heterocycles. The average Bonchev–Trinajstić information content (AvgIpc) is 2.56. The minimum atomic E-state index is -3.58. The fourth-order valence-corrected chi connectivity index (χ4v) is 3.44. The summed E-state index contributed by atoms with van der Waals surface area (Å²) in [5.74, 6) is -0.559. The van der Waals surface area contributed by atoms with Gasteiger partial charge in [-0.2, -0.15) is 0 Å². The zero-order chi connectivity index (χ0) is 18.4. The molecule has 0 unspecified atom stereocenters. The second-order valence-corrected chi connectivity index (χ2v) is 7.80. The summed E-state index contributed by atoms with van der Waals surface area (Å²) in [6.07, 6.45) is 0. The maximum absolute atomic E-state index is 12.1. The smallest absolute Gasteiger partial charge is 0.239 e. The largest absolute Gasteiger partial charge is 0.378 e. The molecular weight excluding hydrogens is 338 g/mol. The summed E-state index contributed by atoms with van der Waals surface area (Å²) in [5, 5.41) is 2.67. The Kier molecular flexibility index (Phi) is 6.17. The van der Waals surface area contributed by atoms with E-state index in [4.69, 9.17) is 0 Å². The Morgan fingerprint density at radius 2 is 1.68 bits per heavy atom. The molecule has 2 aromatic carbocycles. The maximum atomic E-state index is 12.1. The highest BCUT2D eigenvalue weighted by Crippen LogP contribution is 2.15. The van der Waals surface area contributed by atoms with Crippen LogP contribution in [0.4, 0.5) is 11.4 Å². The van der Waals surface area contributed by atoms with Crippen molar-refractivity contribution in [3.05, 3.63) is 59.7 Å². The van der Waals surface area contributed by atoms with E-state index in [0.717, 1.165) is 16.8 Å². The number of rotatable bonds is 7. The first-order valence-corrected chi connectivity index (χ1v) is 9.51. The molecule has 0 aliphatic rings. The number of carbonyl (C=O) groups excluding carboxylic acids is 1. The van der Waals surface area contributed by atoms with E-state index in [2.05, 4.69) is 10.0 Å². The predicted molar refractivity (Wildman–Crippen MR) is 101 cm³/mol. The molecule has 2 rings (SSSR count). The normalized spacial score (nSPS) is 11.2. The van der Waals surface area contributed by atoms with Crippen LogP contribution in [0.3, 0.4) is 0 Å². The van der Waals surface area contributed by atoms with Crippen LogP contribution in [0.2, 0.25) is 0 Å². The molecule has 7 heteroatoms. The highest BCUT2D eigenvalue weighted by Gasteiger charge is 2.14. The Bertz CT molecular complexity index is 831. The number of aryl methyl sites for hydroxylation is 1. The Labute approximate surface area is 148 Å². The van der Waals surface area contributed by atoms with Crippen molar-refractivity contribution in [3.63, 3.8) is 0 Å². The van der Waals surface area contributed by atoms with Gasteiger partial charge >= 0.3 is 0 Å². The van der Waals surface area contributed by atoms with Crippen LogP contribution in [-0.2, 0) is 20.6 Å². The van der Waals surface area contributed by atoms with Crippen LogP contribution >= 0.6 is 0 Å². The Balaban J connectivity index is 1.89. The summed E-state index contributed by atoms with van der Waals surface area (Å²) in [7, 11) is 0.275. The number of benzene rings is 2. The van der Waals surface area contributed by atoms with Gasteiger partial charge in [-0.15, -0.1) is 0 Å². The number of amides is 1. The van der Waals surface area contributed by atoms with Gasteiger partial charge in [-0.05, 0) is 42.3 Å². The van der Waals surface area contributed by atoms with E-state index in [-0.39, 0.29) is 12.3 Å². The third-order valence-electron chi connectivity index (χ3n) is 3.73. The minimum Gasteiger partial charge on any atom is -0.378 e. The van der Waals surface area contributed by atoms with Crippen LogP contribution in [-0.4, -0.2) is 35.0 Å². The topological polar surface area (TPSA) is 78.5 Å². The first-order valence-electron chi connectivity index (χ1n) is 7.86. The monoisotopic (exact) mass is 361 g/mol. The zero-order valence-corrected chi connectivity index (χ0v) is 15.4. The first kappa shape index (κ1) is 19.0. The molecule has 134 valence electrons. The van der Waals surface area contributed by atoms with Gasteiger partial charge in [0.25, 0.3) is 0 Å². The van der Waals surface area contributed by atoms with Crippen molar-refractivity contribution in [1.29, 1.82) is 0 Å². The molecular formula is C18H23N3O3S. The molecule has 0 fully saturated rings. The average molecular weight is 361 g/mol. The number of hydrogen-bond acceptors (Lipinski definition) is 4. The van der Waals surface area contributed by atoms with E-state index in [0.29, 0.717) is 5.69 Å². The van der Waals surface area contributed by atoms with Crippen LogP contribution in [0.5, 0.6) is 0 Å². The SMILES string of the molecule is Cc1ccccc1CS(=O)(=O)NCC(=O)Nc1ccc(N(C)C)cc1. The molecule has 0 bridgehead atoms. The van der Waals surface area contributed by atoms with Gasteiger partial charge in [0.1, 0.15) is 0 Å². The fraction of sp³-hybridized carbons (Fsp3) is 0.278. The minimum absolute atomic E-state index is 0.148. The molecule has 0 saturated heterocycles. The molecule has 25 heavy (non-hydrogen) atoms. The number of nitrogens with one attached hydrogen (secondary N) is 2. The van der Waals surface area contributed by atoms with Gasteiger partial charge < -0.3 is 10.2 Å². The lowest BCUT2D eigenvalue weighted by Crippen LogP contribution is -2.33. The van der Waals surface area contributed by atoms with Gasteiger partial charge in [-0.1, -0.05) is 24.3 Å². The summed E-state index contributed by atoms with van der Waals surface area (Å²) in [5.41, 5.74) is 3.25. The van der Waals surface area contributed by atoms with Crippen LogP contribution < -0.4 is 14.9 Å². The quantitative estimate of drug-likeness (QED) is 0.792. The summed E-state index contributed by atoms with van der Waals surface area (Å²) < 4.78 is 26.6. The molecule has 0 heterocycles. The molecule has 6 nitrogen and oxygen atoms in total. The molecule has 0 atom stereocenters. The third kappa shape index (κ3) is 5.88. The highest BCUT2D eigenvalue weighted by molar-refractivity contribution is 7.88.